The summed E-state index contributed by atoms with van der Waals surface area (Å²) in [4.78, 5) is 13.3. The fourth-order valence-electron chi connectivity index (χ4n) is 2.14. The van der Waals surface area contributed by atoms with Crippen molar-refractivity contribution in [1.29, 1.82) is 0 Å². The van der Waals surface area contributed by atoms with Crippen molar-refractivity contribution in [1.82, 2.24) is 4.72 Å². The molecular formula is C17H20N2O3S2. The average Bonchev–Trinajstić information content (AvgIpc) is 2.55. The molecule has 0 spiro atoms. The number of hydrogen-bond donors (Lipinski definition) is 2. The molecule has 0 atom stereocenters. The second kappa shape index (κ2) is 7.83. The lowest BCUT2D eigenvalue weighted by Crippen LogP contribution is -2.20. The Morgan fingerprint density at radius 1 is 1.08 bits per heavy atom. The number of carbonyl (C=O) groups is 1. The summed E-state index contributed by atoms with van der Waals surface area (Å²) in [5.74, 6) is 0.0761. The molecule has 0 fully saturated rings. The summed E-state index contributed by atoms with van der Waals surface area (Å²) in [7, 11) is -2.19. The molecule has 2 N–H and O–H groups in total. The standard InChI is InChI=1S/C17H20N2O3S2/c1-12-6-4-5-7-15(12)23-11-17(20)19-14-9-8-13(2)16(10-14)24(21,22)18-3/h4-10,18H,11H2,1-3H3,(H,19,20). The van der Waals surface area contributed by atoms with Crippen LogP contribution in [0.25, 0.3) is 0 Å². The van der Waals surface area contributed by atoms with E-state index in [9.17, 15) is 13.2 Å². The molecule has 0 radical (unpaired) electrons. The Balaban J connectivity index is 2.07. The Morgan fingerprint density at radius 3 is 2.46 bits per heavy atom. The zero-order chi connectivity index (χ0) is 17.7. The summed E-state index contributed by atoms with van der Waals surface area (Å²) < 4.78 is 26.2. The lowest BCUT2D eigenvalue weighted by molar-refractivity contribution is -0.113. The Kier molecular flexibility index (Phi) is 6.04. The fraction of sp³-hybridized carbons (Fsp3) is 0.235. The van der Waals surface area contributed by atoms with E-state index in [1.54, 1.807) is 19.1 Å². The van der Waals surface area contributed by atoms with Gasteiger partial charge >= 0.3 is 0 Å². The molecule has 2 rings (SSSR count). The van der Waals surface area contributed by atoms with Crippen LogP contribution in [0.2, 0.25) is 0 Å². The molecule has 0 saturated carbocycles. The first kappa shape index (κ1) is 18.5. The SMILES string of the molecule is CNS(=O)(=O)c1cc(NC(=O)CSc2ccccc2C)ccc1C. The Labute approximate surface area is 146 Å². The minimum Gasteiger partial charge on any atom is -0.325 e. The monoisotopic (exact) mass is 364 g/mol. The number of carbonyl (C=O) groups excluding carboxylic acids is 1. The van der Waals surface area contributed by atoms with E-state index in [0.717, 1.165) is 10.5 Å². The van der Waals surface area contributed by atoms with Gasteiger partial charge in [0.25, 0.3) is 0 Å². The van der Waals surface area contributed by atoms with Gasteiger partial charge in [-0.2, -0.15) is 0 Å². The molecule has 0 aliphatic heterocycles. The molecule has 2 aromatic carbocycles. The van der Waals surface area contributed by atoms with Crippen molar-refractivity contribution in [2.24, 2.45) is 0 Å². The van der Waals surface area contributed by atoms with Gasteiger partial charge in [0, 0.05) is 10.6 Å². The van der Waals surface area contributed by atoms with E-state index in [-0.39, 0.29) is 16.6 Å². The topological polar surface area (TPSA) is 75.3 Å². The van der Waals surface area contributed by atoms with E-state index in [4.69, 9.17) is 0 Å². The second-order valence-corrected chi connectivity index (χ2v) is 8.16. The molecule has 0 bridgehead atoms. The number of rotatable bonds is 6. The average molecular weight is 364 g/mol. The third-order valence-electron chi connectivity index (χ3n) is 3.48. The first-order valence-corrected chi connectivity index (χ1v) is 9.83. The van der Waals surface area contributed by atoms with Crippen molar-refractivity contribution in [3.05, 3.63) is 53.6 Å². The summed E-state index contributed by atoms with van der Waals surface area (Å²) in [6.07, 6.45) is 0. The van der Waals surface area contributed by atoms with Crippen molar-refractivity contribution >= 4 is 33.4 Å². The summed E-state index contributed by atoms with van der Waals surface area (Å²) in [5.41, 5.74) is 2.20. The van der Waals surface area contributed by atoms with Gasteiger partial charge in [-0.25, -0.2) is 13.1 Å². The minimum absolute atomic E-state index is 0.161. The van der Waals surface area contributed by atoms with Gasteiger partial charge in [-0.1, -0.05) is 24.3 Å². The van der Waals surface area contributed by atoms with Crippen LogP contribution >= 0.6 is 11.8 Å². The molecule has 2 aromatic rings. The van der Waals surface area contributed by atoms with Gasteiger partial charge in [0.2, 0.25) is 15.9 Å². The fourth-order valence-corrected chi connectivity index (χ4v) is 3.96. The number of sulfonamides is 1. The van der Waals surface area contributed by atoms with Gasteiger partial charge in [-0.3, -0.25) is 4.79 Å². The van der Waals surface area contributed by atoms with Crippen molar-refractivity contribution in [3.63, 3.8) is 0 Å². The minimum atomic E-state index is -3.55. The highest BCUT2D eigenvalue weighted by molar-refractivity contribution is 8.00. The highest BCUT2D eigenvalue weighted by Crippen LogP contribution is 2.23. The second-order valence-electron chi connectivity index (χ2n) is 5.29. The number of hydrogen-bond acceptors (Lipinski definition) is 4. The number of benzene rings is 2. The summed E-state index contributed by atoms with van der Waals surface area (Å²) >= 11 is 1.45. The third kappa shape index (κ3) is 4.59. The van der Waals surface area contributed by atoms with Gasteiger partial charge in [0.1, 0.15) is 0 Å². The van der Waals surface area contributed by atoms with Crippen LogP contribution < -0.4 is 10.0 Å². The molecule has 0 heterocycles. The molecular weight excluding hydrogens is 344 g/mol. The molecule has 0 aliphatic carbocycles. The van der Waals surface area contributed by atoms with E-state index >= 15 is 0 Å². The van der Waals surface area contributed by atoms with Crippen molar-refractivity contribution in [3.8, 4) is 0 Å². The molecule has 5 nitrogen and oxygen atoms in total. The Hall–Kier alpha value is -1.83. The van der Waals surface area contributed by atoms with Crippen LogP contribution in [0, 0.1) is 13.8 Å². The van der Waals surface area contributed by atoms with E-state index in [1.165, 1.54) is 24.9 Å². The molecule has 0 aliphatic rings. The first-order chi connectivity index (χ1) is 11.3. The van der Waals surface area contributed by atoms with E-state index in [1.807, 2.05) is 31.2 Å². The Bertz CT molecular complexity index is 849. The third-order valence-corrected chi connectivity index (χ3v) is 6.21. The highest BCUT2D eigenvalue weighted by atomic mass is 32.2. The van der Waals surface area contributed by atoms with E-state index < -0.39 is 10.0 Å². The van der Waals surface area contributed by atoms with Crippen LogP contribution in [0.3, 0.4) is 0 Å². The number of amides is 1. The summed E-state index contributed by atoms with van der Waals surface area (Å²) in [5, 5.41) is 2.74. The molecule has 0 unspecified atom stereocenters. The zero-order valence-electron chi connectivity index (χ0n) is 13.8. The number of aryl methyl sites for hydroxylation is 2. The molecule has 24 heavy (non-hydrogen) atoms. The van der Waals surface area contributed by atoms with E-state index in [2.05, 4.69) is 10.0 Å². The largest absolute Gasteiger partial charge is 0.325 e. The van der Waals surface area contributed by atoms with Crippen LogP contribution in [0.15, 0.2) is 52.3 Å². The predicted octanol–water partition coefficient (Wildman–Crippen LogP) is 2.94. The van der Waals surface area contributed by atoms with Crippen LogP contribution in [0.5, 0.6) is 0 Å². The smallest absolute Gasteiger partial charge is 0.240 e. The molecule has 7 heteroatoms. The van der Waals surface area contributed by atoms with Crippen LogP contribution in [0.1, 0.15) is 11.1 Å². The van der Waals surface area contributed by atoms with Crippen molar-refractivity contribution in [2.45, 2.75) is 23.6 Å². The number of anilines is 1. The molecule has 128 valence electrons. The zero-order valence-corrected chi connectivity index (χ0v) is 15.4. The van der Waals surface area contributed by atoms with Crippen LogP contribution in [-0.4, -0.2) is 27.1 Å². The highest BCUT2D eigenvalue weighted by Gasteiger charge is 2.15. The van der Waals surface area contributed by atoms with Gasteiger partial charge in [-0.15, -0.1) is 11.8 Å². The maximum atomic E-state index is 12.1. The lowest BCUT2D eigenvalue weighted by Gasteiger charge is -2.10. The summed E-state index contributed by atoms with van der Waals surface area (Å²) in [6, 6.07) is 12.7. The quantitative estimate of drug-likeness (QED) is 0.773. The molecule has 1 amide bonds. The predicted molar refractivity (Wildman–Crippen MR) is 98.0 cm³/mol. The van der Waals surface area contributed by atoms with E-state index in [0.29, 0.717) is 11.3 Å². The van der Waals surface area contributed by atoms with Gasteiger partial charge in [0.15, 0.2) is 0 Å². The molecule has 0 saturated heterocycles. The summed E-state index contributed by atoms with van der Waals surface area (Å²) in [6.45, 7) is 3.71. The normalized spacial score (nSPS) is 11.3. The van der Waals surface area contributed by atoms with Crippen molar-refractivity contribution < 1.29 is 13.2 Å². The Morgan fingerprint density at radius 2 is 1.79 bits per heavy atom. The van der Waals surface area contributed by atoms with Crippen molar-refractivity contribution in [2.75, 3.05) is 18.1 Å². The maximum absolute atomic E-state index is 12.1. The van der Waals surface area contributed by atoms with Gasteiger partial charge in [-0.05, 0) is 50.2 Å². The van der Waals surface area contributed by atoms with Gasteiger partial charge < -0.3 is 5.32 Å². The number of nitrogens with one attached hydrogen (secondary N) is 2. The first-order valence-electron chi connectivity index (χ1n) is 7.36. The lowest BCUT2D eigenvalue weighted by atomic mass is 10.2. The molecule has 0 aromatic heterocycles. The van der Waals surface area contributed by atoms with Crippen LogP contribution in [-0.2, 0) is 14.8 Å². The van der Waals surface area contributed by atoms with Crippen LogP contribution in [0.4, 0.5) is 5.69 Å². The maximum Gasteiger partial charge on any atom is 0.240 e. The number of thioether (sulfide) groups is 1. The van der Waals surface area contributed by atoms with Gasteiger partial charge in [0.05, 0.1) is 10.6 Å².